The Morgan fingerprint density at radius 1 is 1.14 bits per heavy atom. The van der Waals surface area contributed by atoms with Crippen LogP contribution in [0, 0.1) is 13.8 Å². The minimum Gasteiger partial charge on any atom is -0.506 e. The Bertz CT molecular complexity index is 715. The van der Waals surface area contributed by atoms with E-state index in [0.717, 1.165) is 11.1 Å². The zero-order chi connectivity index (χ0) is 15.7. The van der Waals surface area contributed by atoms with Crippen molar-refractivity contribution in [2.45, 2.75) is 13.8 Å². The average Bonchev–Trinajstić information content (AvgIpc) is 2.45. The summed E-state index contributed by atoms with van der Waals surface area (Å²) < 4.78 is 0.557. The van der Waals surface area contributed by atoms with Gasteiger partial charge in [0.1, 0.15) is 5.75 Å². The molecular weight excluding hydrogens is 396 g/mol. The lowest BCUT2D eigenvalue weighted by molar-refractivity contribution is 0.470. The first-order chi connectivity index (χ1) is 9.82. The van der Waals surface area contributed by atoms with Crippen molar-refractivity contribution in [1.29, 1.82) is 0 Å². The maximum absolute atomic E-state index is 10.2. The predicted octanol–water partition coefficient (Wildman–Crippen LogP) is 6.48. The van der Waals surface area contributed by atoms with E-state index in [-0.39, 0.29) is 5.75 Å². The molecule has 2 aromatic carbocycles. The van der Waals surface area contributed by atoms with Crippen LogP contribution in [0.5, 0.6) is 5.75 Å². The van der Waals surface area contributed by atoms with Crippen LogP contribution in [0.2, 0.25) is 15.1 Å². The van der Waals surface area contributed by atoms with E-state index < -0.39 is 0 Å². The Balaban J connectivity index is 2.51. The topological polar surface area (TPSA) is 32.6 Å². The molecule has 2 nitrogen and oxygen atoms in total. The highest BCUT2D eigenvalue weighted by Crippen LogP contribution is 2.38. The van der Waals surface area contributed by atoms with Gasteiger partial charge in [0.05, 0.1) is 15.2 Å². The molecule has 0 radical (unpaired) electrons. The molecule has 0 spiro atoms. The number of benzene rings is 2. The van der Waals surface area contributed by atoms with Gasteiger partial charge in [-0.3, -0.25) is 4.99 Å². The van der Waals surface area contributed by atoms with E-state index in [1.807, 2.05) is 13.8 Å². The van der Waals surface area contributed by atoms with E-state index >= 15 is 0 Å². The van der Waals surface area contributed by atoms with Gasteiger partial charge in [-0.05, 0) is 59.1 Å². The van der Waals surface area contributed by atoms with Crippen LogP contribution in [-0.2, 0) is 0 Å². The fourth-order valence-electron chi connectivity index (χ4n) is 1.85. The van der Waals surface area contributed by atoms with Gasteiger partial charge in [-0.1, -0.05) is 34.8 Å². The second-order valence-corrected chi connectivity index (χ2v) is 6.51. The standard InChI is InChI=1S/C15H11BrCl3NO/c1-7-10(15(21)13(16)8(2)14(7)19)6-20-12-4-3-9(17)5-11(12)18/h3-6,21H,1-2H3. The van der Waals surface area contributed by atoms with Gasteiger partial charge in [0, 0.05) is 21.8 Å². The maximum Gasteiger partial charge on any atom is 0.139 e. The van der Waals surface area contributed by atoms with Gasteiger partial charge in [0.25, 0.3) is 0 Å². The number of hydrogen-bond donors (Lipinski definition) is 1. The highest BCUT2D eigenvalue weighted by atomic mass is 79.9. The number of halogens is 4. The summed E-state index contributed by atoms with van der Waals surface area (Å²) >= 11 is 21.5. The van der Waals surface area contributed by atoms with E-state index in [1.165, 1.54) is 6.21 Å². The second-order valence-electron chi connectivity index (χ2n) is 4.49. The van der Waals surface area contributed by atoms with Crippen molar-refractivity contribution < 1.29 is 5.11 Å². The molecule has 110 valence electrons. The fourth-order valence-corrected chi connectivity index (χ4v) is 3.03. The molecule has 1 N–H and O–H groups in total. The van der Waals surface area contributed by atoms with Gasteiger partial charge in [-0.25, -0.2) is 0 Å². The summed E-state index contributed by atoms with van der Waals surface area (Å²) in [5, 5.41) is 11.8. The van der Waals surface area contributed by atoms with Crippen LogP contribution in [0.4, 0.5) is 5.69 Å². The summed E-state index contributed by atoms with van der Waals surface area (Å²) in [6.45, 7) is 3.66. The third kappa shape index (κ3) is 3.37. The number of phenolic OH excluding ortho intramolecular Hbond substituents is 1. The molecule has 0 heterocycles. The van der Waals surface area contributed by atoms with Crippen molar-refractivity contribution in [3.63, 3.8) is 0 Å². The van der Waals surface area contributed by atoms with Gasteiger partial charge < -0.3 is 5.11 Å². The second kappa shape index (κ2) is 6.57. The average molecular weight is 408 g/mol. The van der Waals surface area contributed by atoms with Crippen LogP contribution in [0.15, 0.2) is 27.7 Å². The maximum atomic E-state index is 10.2. The van der Waals surface area contributed by atoms with Crippen LogP contribution < -0.4 is 0 Å². The highest BCUT2D eigenvalue weighted by molar-refractivity contribution is 9.10. The van der Waals surface area contributed by atoms with Crippen LogP contribution in [0.3, 0.4) is 0 Å². The third-order valence-electron chi connectivity index (χ3n) is 3.10. The molecule has 0 atom stereocenters. The Morgan fingerprint density at radius 3 is 2.43 bits per heavy atom. The first kappa shape index (κ1) is 16.6. The van der Waals surface area contributed by atoms with Crippen LogP contribution >= 0.6 is 50.7 Å². The van der Waals surface area contributed by atoms with Crippen molar-refractivity contribution in [2.24, 2.45) is 4.99 Å². The smallest absolute Gasteiger partial charge is 0.139 e. The normalized spacial score (nSPS) is 11.3. The molecule has 0 aliphatic heterocycles. The molecule has 0 aliphatic carbocycles. The molecule has 0 saturated heterocycles. The van der Waals surface area contributed by atoms with Crippen molar-refractivity contribution in [2.75, 3.05) is 0 Å². The Labute approximate surface area is 146 Å². The van der Waals surface area contributed by atoms with Gasteiger partial charge in [0.15, 0.2) is 0 Å². The van der Waals surface area contributed by atoms with Crippen LogP contribution in [-0.4, -0.2) is 11.3 Å². The van der Waals surface area contributed by atoms with E-state index in [9.17, 15) is 5.11 Å². The van der Waals surface area contributed by atoms with Gasteiger partial charge in [-0.15, -0.1) is 0 Å². The quantitative estimate of drug-likeness (QED) is 0.568. The molecule has 2 aromatic rings. The van der Waals surface area contributed by atoms with E-state index in [1.54, 1.807) is 18.2 Å². The van der Waals surface area contributed by atoms with Gasteiger partial charge in [-0.2, -0.15) is 0 Å². The summed E-state index contributed by atoms with van der Waals surface area (Å²) in [4.78, 5) is 4.30. The fraction of sp³-hybridized carbons (Fsp3) is 0.133. The SMILES string of the molecule is Cc1c(Cl)c(C)c(C=Nc2ccc(Cl)cc2Cl)c(O)c1Br. The Morgan fingerprint density at radius 2 is 1.81 bits per heavy atom. The van der Waals surface area contributed by atoms with E-state index in [0.29, 0.717) is 30.8 Å². The van der Waals surface area contributed by atoms with Crippen molar-refractivity contribution in [3.8, 4) is 5.75 Å². The Hall–Kier alpha value is -0.740. The van der Waals surface area contributed by atoms with Gasteiger partial charge in [0.2, 0.25) is 0 Å². The molecule has 0 unspecified atom stereocenters. The van der Waals surface area contributed by atoms with Crippen LogP contribution in [0.1, 0.15) is 16.7 Å². The van der Waals surface area contributed by atoms with Crippen molar-refractivity contribution >= 4 is 62.6 Å². The number of aromatic hydroxyl groups is 1. The molecule has 0 aliphatic rings. The zero-order valence-corrected chi connectivity index (χ0v) is 15.1. The number of phenols is 1. The molecule has 2 rings (SSSR count). The summed E-state index contributed by atoms with van der Waals surface area (Å²) in [5.74, 6) is 0.100. The monoisotopic (exact) mass is 405 g/mol. The molecule has 6 heteroatoms. The van der Waals surface area contributed by atoms with E-state index in [4.69, 9.17) is 34.8 Å². The van der Waals surface area contributed by atoms with Crippen molar-refractivity contribution in [3.05, 3.63) is 54.4 Å². The third-order valence-corrected chi connectivity index (χ3v) is 5.17. The lowest BCUT2D eigenvalue weighted by atomic mass is 10.0. The largest absolute Gasteiger partial charge is 0.506 e. The van der Waals surface area contributed by atoms with Crippen LogP contribution in [0.25, 0.3) is 0 Å². The number of rotatable bonds is 2. The first-order valence-corrected chi connectivity index (χ1v) is 7.91. The first-order valence-electron chi connectivity index (χ1n) is 5.99. The minimum absolute atomic E-state index is 0.100. The van der Waals surface area contributed by atoms with E-state index in [2.05, 4.69) is 20.9 Å². The zero-order valence-electron chi connectivity index (χ0n) is 11.2. The lowest BCUT2D eigenvalue weighted by Crippen LogP contribution is -1.94. The predicted molar refractivity (Wildman–Crippen MR) is 94.0 cm³/mol. The Kier molecular flexibility index (Phi) is 5.20. The van der Waals surface area contributed by atoms with Crippen molar-refractivity contribution in [1.82, 2.24) is 0 Å². The minimum atomic E-state index is 0.100. The number of aliphatic imine (C=N–C) groups is 1. The molecule has 0 bridgehead atoms. The molecular formula is C15H11BrCl3NO. The highest BCUT2D eigenvalue weighted by Gasteiger charge is 2.15. The summed E-state index contributed by atoms with van der Waals surface area (Å²) in [7, 11) is 0. The molecule has 0 saturated carbocycles. The summed E-state index contributed by atoms with van der Waals surface area (Å²) in [5.41, 5.74) is 2.65. The molecule has 0 fully saturated rings. The molecule has 0 amide bonds. The molecule has 21 heavy (non-hydrogen) atoms. The summed E-state index contributed by atoms with van der Waals surface area (Å²) in [6.07, 6.45) is 1.54. The number of hydrogen-bond acceptors (Lipinski definition) is 2. The summed E-state index contributed by atoms with van der Waals surface area (Å²) in [6, 6.07) is 5.02. The lowest BCUT2D eigenvalue weighted by Gasteiger charge is -2.12. The van der Waals surface area contributed by atoms with Gasteiger partial charge >= 0.3 is 0 Å². The molecule has 0 aromatic heterocycles. The number of nitrogens with zero attached hydrogens (tertiary/aromatic N) is 1.